The number of amides is 1. The van der Waals surface area contributed by atoms with Crippen LogP contribution >= 0.6 is 23.1 Å². The second kappa shape index (κ2) is 8.14. The first-order valence-corrected chi connectivity index (χ1v) is 8.84. The molecule has 112 valence electrons. The van der Waals surface area contributed by atoms with E-state index in [1.807, 2.05) is 30.3 Å². The van der Waals surface area contributed by atoms with Gasteiger partial charge in [0.2, 0.25) is 11.0 Å². The summed E-state index contributed by atoms with van der Waals surface area (Å²) in [5, 5.41) is 12.7. The Labute approximate surface area is 133 Å². The quantitative estimate of drug-likeness (QED) is 0.778. The van der Waals surface area contributed by atoms with Gasteiger partial charge in [0.15, 0.2) is 0 Å². The number of nitrogens with one attached hydrogen (secondary N) is 1. The maximum Gasteiger partial charge on any atom is 0.236 e. The van der Waals surface area contributed by atoms with Crippen LogP contribution in [-0.2, 0) is 4.79 Å². The molecule has 2 rings (SSSR count). The molecule has 4 nitrogen and oxygen atoms in total. The van der Waals surface area contributed by atoms with Gasteiger partial charge in [0, 0.05) is 10.8 Å². The lowest BCUT2D eigenvalue weighted by Crippen LogP contribution is -2.13. The van der Waals surface area contributed by atoms with Gasteiger partial charge in [-0.3, -0.25) is 10.1 Å². The van der Waals surface area contributed by atoms with E-state index in [-0.39, 0.29) is 5.91 Å². The number of hydrogen-bond acceptors (Lipinski definition) is 5. The summed E-state index contributed by atoms with van der Waals surface area (Å²) >= 11 is 2.99. The predicted octanol–water partition coefficient (Wildman–Crippen LogP) is 4.17. The van der Waals surface area contributed by atoms with E-state index in [2.05, 4.69) is 29.4 Å². The van der Waals surface area contributed by atoms with E-state index < -0.39 is 0 Å². The summed E-state index contributed by atoms with van der Waals surface area (Å²) in [7, 11) is 0. The number of benzene rings is 1. The van der Waals surface area contributed by atoms with Gasteiger partial charge in [0.1, 0.15) is 5.01 Å². The summed E-state index contributed by atoms with van der Waals surface area (Å²) in [5.41, 5.74) is 0. The summed E-state index contributed by atoms with van der Waals surface area (Å²) in [6, 6.07) is 9.88. The van der Waals surface area contributed by atoms with Gasteiger partial charge in [-0.2, -0.15) is 0 Å². The van der Waals surface area contributed by atoms with E-state index in [1.165, 1.54) is 23.1 Å². The topological polar surface area (TPSA) is 54.9 Å². The highest BCUT2D eigenvalue weighted by atomic mass is 32.2. The minimum absolute atomic E-state index is 0.0453. The molecule has 0 aliphatic carbocycles. The molecule has 6 heteroatoms. The molecule has 0 saturated heterocycles. The second-order valence-electron chi connectivity index (χ2n) is 4.61. The fourth-order valence-electron chi connectivity index (χ4n) is 1.91. The Morgan fingerprint density at radius 1 is 1.24 bits per heavy atom. The molecule has 21 heavy (non-hydrogen) atoms. The summed E-state index contributed by atoms with van der Waals surface area (Å²) in [6.45, 7) is 4.29. The van der Waals surface area contributed by atoms with E-state index in [0.717, 1.165) is 22.7 Å². The van der Waals surface area contributed by atoms with Gasteiger partial charge in [0.25, 0.3) is 0 Å². The number of rotatable bonds is 7. The number of hydrogen-bond donors (Lipinski definition) is 1. The summed E-state index contributed by atoms with van der Waals surface area (Å²) < 4.78 is 0. The van der Waals surface area contributed by atoms with Crippen LogP contribution in [0, 0.1) is 0 Å². The van der Waals surface area contributed by atoms with E-state index in [1.54, 1.807) is 0 Å². The minimum atomic E-state index is -0.0453. The monoisotopic (exact) mass is 321 g/mol. The van der Waals surface area contributed by atoms with Crippen LogP contribution in [0.15, 0.2) is 35.2 Å². The third kappa shape index (κ3) is 4.82. The molecule has 1 aromatic carbocycles. The van der Waals surface area contributed by atoms with Gasteiger partial charge >= 0.3 is 0 Å². The first kappa shape index (κ1) is 16.0. The maximum atomic E-state index is 11.9. The molecule has 0 bridgehead atoms. The first-order valence-electron chi connectivity index (χ1n) is 7.04. The number of anilines is 1. The lowest BCUT2D eigenvalue weighted by molar-refractivity contribution is -0.113. The number of aromatic nitrogens is 2. The van der Waals surface area contributed by atoms with Crippen molar-refractivity contribution in [3.05, 3.63) is 35.3 Å². The summed E-state index contributed by atoms with van der Waals surface area (Å²) in [6.07, 6.45) is 2.09. The van der Waals surface area contributed by atoms with E-state index in [9.17, 15) is 4.79 Å². The van der Waals surface area contributed by atoms with E-state index in [4.69, 9.17) is 0 Å². The maximum absolute atomic E-state index is 11.9. The van der Waals surface area contributed by atoms with Crippen LogP contribution in [0.5, 0.6) is 0 Å². The molecule has 0 saturated carbocycles. The molecular formula is C15H19N3OS2. The molecule has 0 unspecified atom stereocenters. The Morgan fingerprint density at radius 3 is 2.62 bits per heavy atom. The lowest BCUT2D eigenvalue weighted by Gasteiger charge is -2.05. The number of thioether (sulfide) groups is 1. The van der Waals surface area contributed by atoms with E-state index in [0.29, 0.717) is 16.8 Å². The molecule has 0 atom stereocenters. The van der Waals surface area contributed by atoms with Gasteiger partial charge in [-0.15, -0.1) is 22.0 Å². The van der Waals surface area contributed by atoms with Crippen molar-refractivity contribution >= 4 is 34.1 Å². The Balaban J connectivity index is 1.85. The Kier molecular flexibility index (Phi) is 6.20. The average Bonchev–Trinajstić information content (AvgIpc) is 2.96. The van der Waals surface area contributed by atoms with Crippen molar-refractivity contribution in [1.29, 1.82) is 0 Å². The van der Waals surface area contributed by atoms with Crippen molar-refractivity contribution < 1.29 is 4.79 Å². The van der Waals surface area contributed by atoms with Crippen LogP contribution in [0.25, 0.3) is 0 Å². The van der Waals surface area contributed by atoms with Crippen LogP contribution in [0.4, 0.5) is 5.13 Å². The Morgan fingerprint density at radius 2 is 1.95 bits per heavy atom. The first-order chi connectivity index (χ1) is 10.2. The molecule has 0 spiro atoms. The molecule has 1 N–H and O–H groups in total. The highest BCUT2D eigenvalue weighted by Crippen LogP contribution is 2.28. The second-order valence-corrected chi connectivity index (χ2v) is 6.67. The molecule has 1 aromatic heterocycles. The third-order valence-electron chi connectivity index (χ3n) is 3.13. The standard InChI is InChI=1S/C15H19N3OS2/c1-3-11(4-2)14-17-18-15(21-14)16-13(19)10-20-12-8-6-5-7-9-12/h5-9,11H,3-4,10H2,1-2H3,(H,16,18,19). The Hall–Kier alpha value is -1.40. The smallest absolute Gasteiger partial charge is 0.236 e. The SMILES string of the molecule is CCC(CC)c1nnc(NC(=O)CSc2ccccc2)s1. The van der Waals surface area contributed by atoms with Gasteiger partial charge < -0.3 is 0 Å². The zero-order valence-corrected chi connectivity index (χ0v) is 13.8. The molecule has 0 radical (unpaired) electrons. The van der Waals surface area contributed by atoms with Crippen molar-refractivity contribution in [2.45, 2.75) is 37.5 Å². The normalized spacial score (nSPS) is 10.8. The van der Waals surface area contributed by atoms with Crippen LogP contribution in [0.3, 0.4) is 0 Å². The van der Waals surface area contributed by atoms with Gasteiger partial charge in [-0.25, -0.2) is 0 Å². The molecule has 0 aliphatic rings. The van der Waals surface area contributed by atoms with Crippen molar-refractivity contribution in [2.75, 3.05) is 11.1 Å². The van der Waals surface area contributed by atoms with E-state index >= 15 is 0 Å². The molecule has 0 aliphatic heterocycles. The van der Waals surface area contributed by atoms with Crippen LogP contribution in [0.2, 0.25) is 0 Å². The number of carbonyl (C=O) groups excluding carboxylic acids is 1. The molecule has 1 amide bonds. The van der Waals surface area contributed by atoms with Crippen LogP contribution in [-0.4, -0.2) is 21.9 Å². The lowest BCUT2D eigenvalue weighted by atomic mass is 10.1. The van der Waals surface area contributed by atoms with Crippen molar-refractivity contribution in [3.63, 3.8) is 0 Å². The van der Waals surface area contributed by atoms with Gasteiger partial charge in [-0.05, 0) is 25.0 Å². The van der Waals surface area contributed by atoms with Crippen molar-refractivity contribution in [1.82, 2.24) is 10.2 Å². The average molecular weight is 321 g/mol. The third-order valence-corrected chi connectivity index (χ3v) is 5.15. The minimum Gasteiger partial charge on any atom is -0.300 e. The van der Waals surface area contributed by atoms with Gasteiger partial charge in [-0.1, -0.05) is 43.4 Å². The predicted molar refractivity (Wildman–Crippen MR) is 89.0 cm³/mol. The fraction of sp³-hybridized carbons (Fsp3) is 0.400. The fourth-order valence-corrected chi connectivity index (χ4v) is 3.65. The highest BCUT2D eigenvalue weighted by molar-refractivity contribution is 8.00. The Bertz CT molecular complexity index is 567. The summed E-state index contributed by atoms with van der Waals surface area (Å²) in [4.78, 5) is 13.0. The summed E-state index contributed by atoms with van der Waals surface area (Å²) in [5.74, 6) is 0.770. The molecule has 0 fully saturated rings. The van der Waals surface area contributed by atoms with Crippen molar-refractivity contribution in [3.8, 4) is 0 Å². The number of nitrogens with zero attached hydrogens (tertiary/aromatic N) is 2. The highest BCUT2D eigenvalue weighted by Gasteiger charge is 2.14. The zero-order chi connectivity index (χ0) is 15.1. The number of carbonyl (C=O) groups is 1. The van der Waals surface area contributed by atoms with Crippen LogP contribution < -0.4 is 5.32 Å². The molecule has 2 aromatic rings. The van der Waals surface area contributed by atoms with Crippen molar-refractivity contribution in [2.24, 2.45) is 0 Å². The van der Waals surface area contributed by atoms with Gasteiger partial charge in [0.05, 0.1) is 5.75 Å². The van der Waals surface area contributed by atoms with Crippen LogP contribution in [0.1, 0.15) is 37.6 Å². The largest absolute Gasteiger partial charge is 0.300 e. The molecule has 1 heterocycles. The molecular weight excluding hydrogens is 302 g/mol. The zero-order valence-electron chi connectivity index (χ0n) is 12.2.